The molecule has 0 saturated carbocycles. The smallest absolute Gasteiger partial charge is 0.330 e. The first-order valence-corrected chi connectivity index (χ1v) is 25.9. The Hall–Kier alpha value is -8.29. The average molecular weight is 1110 g/mol. The second kappa shape index (κ2) is 28.2. The van der Waals surface area contributed by atoms with Crippen LogP contribution in [-0.2, 0) is 65.5 Å². The van der Waals surface area contributed by atoms with Gasteiger partial charge in [0.25, 0.3) is 0 Å². The fraction of sp³-hybridized carbons (Fsp3) is 0.316. The number of rotatable bonds is 14. The summed E-state index contributed by atoms with van der Waals surface area (Å²) >= 11 is 12.2. The van der Waals surface area contributed by atoms with E-state index < -0.39 is 121 Å². The third-order valence-electron chi connectivity index (χ3n) is 12.5. The number of aromatic nitrogens is 1. The van der Waals surface area contributed by atoms with E-state index in [1.165, 1.54) is 19.1 Å². The summed E-state index contributed by atoms with van der Waals surface area (Å²) in [4.78, 5) is 130. The highest BCUT2D eigenvalue weighted by atomic mass is 35.5. The minimum absolute atomic E-state index is 0.0546. The minimum Gasteiger partial charge on any atom is -0.460 e. The second-order valence-electron chi connectivity index (χ2n) is 19.2. The molecule has 2 heterocycles. The predicted octanol–water partition coefficient (Wildman–Crippen LogP) is 4.51. The first kappa shape index (κ1) is 59.0. The topological polar surface area (TPSA) is 272 Å². The third kappa shape index (κ3) is 17.4. The number of ether oxygens (including phenoxy) is 2. The summed E-state index contributed by atoms with van der Waals surface area (Å²) in [6.07, 6.45) is 6.36. The second-order valence-corrected chi connectivity index (χ2v) is 20.1. The zero-order chi connectivity index (χ0) is 56.5. The maximum atomic E-state index is 14.8. The summed E-state index contributed by atoms with van der Waals surface area (Å²) in [5.41, 5.74) is 2.98. The number of aromatic amines is 1. The average Bonchev–Trinajstić information content (AvgIpc) is 3.82. The van der Waals surface area contributed by atoms with Crippen molar-refractivity contribution in [1.29, 1.82) is 0 Å². The number of benzene rings is 4. The lowest BCUT2D eigenvalue weighted by molar-refractivity contribution is -0.143. The van der Waals surface area contributed by atoms with Gasteiger partial charge in [0.15, 0.2) is 0 Å². The zero-order valence-electron chi connectivity index (χ0n) is 43.5. The highest BCUT2D eigenvalue weighted by Gasteiger charge is 2.37. The molecule has 1 saturated heterocycles. The van der Waals surface area contributed by atoms with Crippen molar-refractivity contribution in [1.82, 2.24) is 42.2 Å². The molecule has 21 heteroatoms. The number of hydrogen-bond donors (Lipinski definition) is 8. The van der Waals surface area contributed by atoms with Crippen LogP contribution in [0.2, 0.25) is 10.0 Å². The van der Waals surface area contributed by atoms with Crippen LogP contribution in [0.3, 0.4) is 0 Å². The van der Waals surface area contributed by atoms with E-state index in [0.717, 1.165) is 12.2 Å². The molecule has 5 aromatic rings. The van der Waals surface area contributed by atoms with Gasteiger partial charge in [-0.3, -0.25) is 33.6 Å². The van der Waals surface area contributed by atoms with Crippen molar-refractivity contribution in [2.24, 2.45) is 11.8 Å². The molecule has 6 rings (SSSR count). The van der Waals surface area contributed by atoms with E-state index >= 15 is 0 Å². The monoisotopic (exact) mass is 1100 g/mol. The molecule has 0 spiro atoms. The number of esters is 2. The van der Waals surface area contributed by atoms with Crippen LogP contribution in [0, 0.1) is 11.8 Å². The number of nitrogens with one attached hydrogen (secondary N) is 8. The number of hydrogen-bond acceptors (Lipinski definition) is 11. The van der Waals surface area contributed by atoms with Crippen molar-refractivity contribution in [2.45, 2.75) is 89.8 Å². The molecule has 0 radical (unpaired) electrons. The van der Waals surface area contributed by atoms with Crippen molar-refractivity contribution < 1.29 is 52.6 Å². The van der Waals surface area contributed by atoms with Gasteiger partial charge in [-0.25, -0.2) is 9.59 Å². The van der Waals surface area contributed by atoms with Gasteiger partial charge in [-0.1, -0.05) is 124 Å². The number of halogens is 2. The maximum absolute atomic E-state index is 14.8. The Morgan fingerprint density at radius 1 is 0.513 bits per heavy atom. The number of para-hydroxylation sites is 1. The molecule has 1 aliphatic heterocycles. The van der Waals surface area contributed by atoms with Gasteiger partial charge in [0.05, 0.1) is 0 Å². The first-order chi connectivity index (χ1) is 37.2. The summed E-state index contributed by atoms with van der Waals surface area (Å²) < 4.78 is 11.0. The van der Waals surface area contributed by atoms with Gasteiger partial charge in [0, 0.05) is 52.1 Å². The van der Waals surface area contributed by atoms with E-state index in [1.807, 2.05) is 0 Å². The van der Waals surface area contributed by atoms with E-state index in [9.17, 15) is 43.2 Å². The van der Waals surface area contributed by atoms with Crippen LogP contribution < -0.4 is 37.2 Å². The summed E-state index contributed by atoms with van der Waals surface area (Å²) in [5.74, 6) is -9.38. The molecule has 19 nitrogen and oxygen atoms in total. The molecule has 1 aromatic heterocycles. The lowest BCUT2D eigenvalue weighted by Crippen LogP contribution is -2.62. The summed E-state index contributed by atoms with van der Waals surface area (Å²) in [6, 6.07) is 18.7. The number of fused-ring (bicyclic) bond motifs is 1. The van der Waals surface area contributed by atoms with E-state index in [-0.39, 0.29) is 12.8 Å². The third-order valence-corrected chi connectivity index (χ3v) is 12.9. The van der Waals surface area contributed by atoms with Crippen LogP contribution in [0.4, 0.5) is 0 Å². The van der Waals surface area contributed by atoms with E-state index in [1.54, 1.807) is 137 Å². The number of amides is 7. The largest absolute Gasteiger partial charge is 0.460 e. The molecule has 0 aliphatic carbocycles. The Kier molecular flexibility index (Phi) is 21.3. The van der Waals surface area contributed by atoms with E-state index in [2.05, 4.69) is 42.2 Å². The first-order valence-electron chi connectivity index (χ1n) is 25.2. The lowest BCUT2D eigenvalue weighted by Gasteiger charge is -2.29. The van der Waals surface area contributed by atoms with Gasteiger partial charge in [0.1, 0.15) is 55.5 Å². The molecule has 7 atom stereocenters. The number of carbonyl (C=O) groups is 9. The van der Waals surface area contributed by atoms with Crippen LogP contribution in [0.15, 0.2) is 121 Å². The zero-order valence-corrected chi connectivity index (χ0v) is 45.0. The summed E-state index contributed by atoms with van der Waals surface area (Å²) in [5, 5.41) is 20.0. The molecule has 0 bridgehead atoms. The fourth-order valence-electron chi connectivity index (χ4n) is 8.18. The molecule has 1 aliphatic rings. The molecule has 1 fully saturated rings. The SMILES string of the molecule is CC(C)[C@H]1NC(=O)[C@H](Cc2ccccc2)NC(=O)[C@@H](C(C)C)NC(=O)[C@@H](C)NC(=O)[C@H](COC(=O)/C=C/c2cccc(Cl)c2)NC(=O)[C@@H](Cc2c[nH]c3ccccc23)NC(=O)[C@@H](COC(=O)/C=C/c2cccc(Cl)c2)NC1=O. The van der Waals surface area contributed by atoms with Gasteiger partial charge in [0.2, 0.25) is 41.4 Å². The molecule has 410 valence electrons. The molecule has 4 aromatic carbocycles. The summed E-state index contributed by atoms with van der Waals surface area (Å²) in [7, 11) is 0. The summed E-state index contributed by atoms with van der Waals surface area (Å²) in [6.45, 7) is 6.35. The van der Waals surface area contributed by atoms with Crippen LogP contribution in [-0.4, -0.2) is 114 Å². The molecule has 0 unspecified atom stereocenters. The Balaban J connectivity index is 1.40. The maximum Gasteiger partial charge on any atom is 0.330 e. The molecular formula is C57H62Cl2N8O11. The normalized spacial score (nSPS) is 21.4. The fourth-order valence-corrected chi connectivity index (χ4v) is 8.58. The van der Waals surface area contributed by atoms with Crippen molar-refractivity contribution >= 4 is 99.5 Å². The molecule has 8 N–H and O–H groups in total. The van der Waals surface area contributed by atoms with E-state index in [4.69, 9.17) is 32.7 Å². The standard InChI is InChI=1S/C57H62Cl2N8O11/c1-32(2)49-56(75)63-43(27-35-13-7-6-8-14-35)53(72)67-50(33(3)4)57(76)65-46(31-78-48(69)24-22-37-16-12-18-40(59)26-37)55(74)62-44(28-38-29-60-42-20-10-9-19-41(38)42)52(71)64-45(54(73)61-34(5)51(70)66-49)30-77-47(68)23-21-36-15-11-17-39(58)25-36/h6-26,29,32-34,43-46,49-50,60H,27-28,30-31H2,1-5H3,(H,61,73)(H,62,74)(H,63,75)(H,64,71)(H,65,76)(H,66,70)(H,67,72)/b23-21+,24-22+/t34-,43+,44-,45+,46-,49-,50-/m1/s1. The van der Waals surface area contributed by atoms with Crippen LogP contribution in [0.1, 0.15) is 56.9 Å². The Labute approximate surface area is 461 Å². The van der Waals surface area contributed by atoms with Gasteiger partial charge in [-0.2, -0.15) is 0 Å². The van der Waals surface area contributed by atoms with Gasteiger partial charge in [-0.15, -0.1) is 0 Å². The Morgan fingerprint density at radius 3 is 1.51 bits per heavy atom. The number of carbonyl (C=O) groups excluding carboxylic acids is 9. The van der Waals surface area contributed by atoms with Crippen molar-refractivity contribution in [2.75, 3.05) is 13.2 Å². The quantitative estimate of drug-likeness (QED) is 0.0566. The Bertz CT molecular complexity index is 3050. The highest BCUT2D eigenvalue weighted by Crippen LogP contribution is 2.20. The highest BCUT2D eigenvalue weighted by molar-refractivity contribution is 6.31. The van der Waals surface area contributed by atoms with Gasteiger partial charge >= 0.3 is 11.9 Å². The molecule has 7 amide bonds. The Morgan fingerprint density at radius 2 is 0.962 bits per heavy atom. The van der Waals surface area contributed by atoms with Crippen molar-refractivity contribution in [3.05, 3.63) is 154 Å². The van der Waals surface area contributed by atoms with Crippen LogP contribution >= 0.6 is 23.2 Å². The van der Waals surface area contributed by atoms with E-state index in [0.29, 0.717) is 43.2 Å². The van der Waals surface area contributed by atoms with Crippen molar-refractivity contribution in [3.63, 3.8) is 0 Å². The van der Waals surface area contributed by atoms with Gasteiger partial charge < -0.3 is 51.7 Å². The van der Waals surface area contributed by atoms with Crippen molar-refractivity contribution in [3.8, 4) is 0 Å². The van der Waals surface area contributed by atoms with Gasteiger partial charge in [-0.05, 0) is 83.5 Å². The predicted molar refractivity (Wildman–Crippen MR) is 294 cm³/mol. The minimum atomic E-state index is -1.73. The lowest BCUT2D eigenvalue weighted by atomic mass is 9.99. The van der Waals surface area contributed by atoms with Crippen LogP contribution in [0.5, 0.6) is 0 Å². The molecule has 78 heavy (non-hydrogen) atoms. The number of H-pyrrole nitrogens is 1. The van der Waals surface area contributed by atoms with Crippen LogP contribution in [0.25, 0.3) is 23.1 Å². The molecular weight excluding hydrogens is 1040 g/mol.